The minimum atomic E-state index is -1.36. The van der Waals surface area contributed by atoms with Gasteiger partial charge in [-0.15, -0.1) is 5.10 Å². The molecule has 1 aliphatic rings. The number of carbonyl (C=O) groups is 2. The Hall–Kier alpha value is -2.71. The van der Waals surface area contributed by atoms with Crippen LogP contribution in [0.2, 0.25) is 0 Å². The Bertz CT molecular complexity index is 858. The third-order valence-corrected chi connectivity index (χ3v) is 4.22. The number of halogens is 1. The first-order chi connectivity index (χ1) is 12.2. The molecule has 26 heavy (non-hydrogen) atoms. The monoisotopic (exact) mass is 364 g/mol. The van der Waals surface area contributed by atoms with E-state index in [4.69, 9.17) is 9.84 Å². The number of benzene rings is 1. The molecule has 1 N–H and O–H groups in total. The van der Waals surface area contributed by atoms with E-state index in [1.807, 2.05) is 20.8 Å². The molecule has 0 bridgehead atoms. The van der Waals surface area contributed by atoms with Crippen molar-refractivity contribution < 1.29 is 23.8 Å². The van der Waals surface area contributed by atoms with Crippen LogP contribution < -0.4 is 0 Å². The maximum atomic E-state index is 14.0. The van der Waals surface area contributed by atoms with Gasteiger partial charge in [-0.05, 0) is 39.7 Å². The average molecular weight is 364 g/mol. The van der Waals surface area contributed by atoms with Crippen LogP contribution in [0.5, 0.6) is 0 Å². The molecule has 1 atom stereocenters. The van der Waals surface area contributed by atoms with Crippen LogP contribution in [0.15, 0.2) is 12.1 Å². The molecular formula is C17H21FN4O4. The Labute approximate surface area is 149 Å². The zero-order chi connectivity index (χ0) is 19.1. The number of aromatic carboxylic acids is 1. The van der Waals surface area contributed by atoms with Crippen molar-refractivity contribution in [3.05, 3.63) is 23.5 Å². The largest absolute Gasteiger partial charge is 0.478 e. The number of rotatable bonds is 3. The molecule has 0 aliphatic carbocycles. The molecule has 1 saturated heterocycles. The summed E-state index contributed by atoms with van der Waals surface area (Å²) in [6, 6.07) is 2.14. The summed E-state index contributed by atoms with van der Waals surface area (Å²) in [6.45, 7) is 6.35. The van der Waals surface area contributed by atoms with E-state index in [9.17, 15) is 14.0 Å². The van der Waals surface area contributed by atoms with Crippen LogP contribution >= 0.6 is 0 Å². The first-order valence-corrected chi connectivity index (χ1v) is 8.41. The molecule has 0 radical (unpaired) electrons. The lowest BCUT2D eigenvalue weighted by atomic mass is 10.1. The van der Waals surface area contributed by atoms with Crippen molar-refractivity contribution in [1.82, 2.24) is 19.9 Å². The maximum Gasteiger partial charge on any atom is 0.410 e. The molecule has 2 aromatic rings. The topological polar surface area (TPSA) is 97.5 Å². The highest BCUT2D eigenvalue weighted by Crippen LogP contribution is 2.24. The first-order valence-electron chi connectivity index (χ1n) is 8.41. The number of hydrogen-bond donors (Lipinski definition) is 1. The number of fused-ring (bicyclic) bond motifs is 1. The molecule has 8 nitrogen and oxygen atoms in total. The van der Waals surface area contributed by atoms with Gasteiger partial charge >= 0.3 is 12.1 Å². The molecule has 1 fully saturated rings. The van der Waals surface area contributed by atoms with Gasteiger partial charge in [0, 0.05) is 12.6 Å². The third-order valence-electron chi connectivity index (χ3n) is 4.22. The van der Waals surface area contributed by atoms with E-state index >= 15 is 0 Å². The van der Waals surface area contributed by atoms with Gasteiger partial charge in [0.05, 0.1) is 23.7 Å². The molecule has 1 aliphatic heterocycles. The highest BCUT2D eigenvalue weighted by atomic mass is 19.1. The maximum absolute atomic E-state index is 14.0. The Morgan fingerprint density at radius 2 is 2.12 bits per heavy atom. The molecule has 1 amide bonds. The lowest BCUT2D eigenvalue weighted by molar-refractivity contribution is 0.0212. The van der Waals surface area contributed by atoms with Crippen molar-refractivity contribution in [2.24, 2.45) is 0 Å². The lowest BCUT2D eigenvalue weighted by Gasteiger charge is -2.28. The van der Waals surface area contributed by atoms with E-state index < -0.39 is 23.0 Å². The van der Waals surface area contributed by atoms with Crippen molar-refractivity contribution in [3.8, 4) is 0 Å². The smallest absolute Gasteiger partial charge is 0.410 e. The van der Waals surface area contributed by atoms with E-state index in [2.05, 4.69) is 10.3 Å². The second-order valence-electron chi connectivity index (χ2n) is 7.37. The van der Waals surface area contributed by atoms with Gasteiger partial charge in [-0.25, -0.2) is 18.7 Å². The number of ether oxygens (including phenoxy) is 1. The Morgan fingerprint density at radius 3 is 2.77 bits per heavy atom. The molecule has 3 rings (SSSR count). The molecule has 1 unspecified atom stereocenters. The van der Waals surface area contributed by atoms with Gasteiger partial charge < -0.3 is 14.7 Å². The van der Waals surface area contributed by atoms with Crippen LogP contribution in [0.3, 0.4) is 0 Å². The summed E-state index contributed by atoms with van der Waals surface area (Å²) >= 11 is 0. The summed E-state index contributed by atoms with van der Waals surface area (Å²) < 4.78 is 20.9. The zero-order valence-electron chi connectivity index (χ0n) is 14.9. The number of nitrogens with zero attached hydrogens (tertiary/aromatic N) is 4. The van der Waals surface area contributed by atoms with E-state index in [1.54, 1.807) is 4.90 Å². The van der Waals surface area contributed by atoms with Crippen molar-refractivity contribution in [2.75, 3.05) is 6.54 Å². The number of carboxylic acid groups (broad SMARTS) is 1. The summed E-state index contributed by atoms with van der Waals surface area (Å²) in [7, 11) is 0. The van der Waals surface area contributed by atoms with Crippen LogP contribution in [-0.4, -0.2) is 55.3 Å². The van der Waals surface area contributed by atoms with Gasteiger partial charge in [0.25, 0.3) is 0 Å². The summed E-state index contributed by atoms with van der Waals surface area (Å²) in [5.41, 5.74) is -0.337. The summed E-state index contributed by atoms with van der Waals surface area (Å²) in [6.07, 6.45) is 1.23. The molecule has 1 aromatic heterocycles. The molecule has 0 spiro atoms. The Balaban J connectivity index is 1.83. The van der Waals surface area contributed by atoms with Crippen LogP contribution in [0.4, 0.5) is 9.18 Å². The number of hydrogen-bond acceptors (Lipinski definition) is 5. The quantitative estimate of drug-likeness (QED) is 0.899. The molecular weight excluding hydrogens is 343 g/mol. The van der Waals surface area contributed by atoms with E-state index in [-0.39, 0.29) is 12.1 Å². The van der Waals surface area contributed by atoms with Crippen LogP contribution in [0.1, 0.15) is 44.0 Å². The van der Waals surface area contributed by atoms with Crippen LogP contribution in [-0.2, 0) is 11.3 Å². The van der Waals surface area contributed by atoms with Crippen LogP contribution in [0, 0.1) is 5.82 Å². The predicted octanol–water partition coefficient (Wildman–Crippen LogP) is 2.67. The Kier molecular flexibility index (Phi) is 4.55. The van der Waals surface area contributed by atoms with Crippen molar-refractivity contribution >= 4 is 23.1 Å². The highest BCUT2D eigenvalue weighted by Gasteiger charge is 2.33. The number of carboxylic acids is 1. The van der Waals surface area contributed by atoms with Crippen LogP contribution in [0.25, 0.3) is 11.0 Å². The second kappa shape index (κ2) is 6.54. The minimum absolute atomic E-state index is 0.142. The third kappa shape index (κ3) is 3.61. The van der Waals surface area contributed by atoms with Crippen molar-refractivity contribution in [3.63, 3.8) is 0 Å². The summed E-state index contributed by atoms with van der Waals surface area (Å²) in [5, 5.41) is 16.9. The number of amides is 1. The summed E-state index contributed by atoms with van der Waals surface area (Å²) in [4.78, 5) is 25.1. The summed E-state index contributed by atoms with van der Waals surface area (Å²) in [5.74, 6) is -2.20. The van der Waals surface area contributed by atoms with Crippen molar-refractivity contribution in [2.45, 2.75) is 51.8 Å². The molecule has 1 aromatic carbocycles. The standard InChI is InChI=1S/C17H21FN4O4/c1-17(2,3)26-16(25)21-6-4-5-10(21)9-22-14-8-12(18)11(15(23)24)7-13(14)19-20-22/h7-8,10H,4-6,9H2,1-3H3,(H,23,24). The fourth-order valence-corrected chi connectivity index (χ4v) is 3.07. The van der Waals surface area contributed by atoms with Gasteiger partial charge in [0.1, 0.15) is 16.9 Å². The Morgan fingerprint density at radius 1 is 1.38 bits per heavy atom. The average Bonchev–Trinajstić information content (AvgIpc) is 3.12. The highest BCUT2D eigenvalue weighted by molar-refractivity contribution is 5.92. The minimum Gasteiger partial charge on any atom is -0.478 e. The lowest BCUT2D eigenvalue weighted by Crippen LogP contribution is -2.41. The molecule has 2 heterocycles. The van der Waals surface area contributed by atoms with Gasteiger partial charge in [-0.3, -0.25) is 0 Å². The van der Waals surface area contributed by atoms with Gasteiger partial charge in [0.2, 0.25) is 0 Å². The number of carbonyl (C=O) groups excluding carboxylic acids is 1. The molecule has 140 valence electrons. The normalized spacial score (nSPS) is 17.7. The van der Waals surface area contributed by atoms with E-state index in [1.165, 1.54) is 4.68 Å². The molecule has 0 saturated carbocycles. The SMILES string of the molecule is CC(C)(C)OC(=O)N1CCCC1Cn1nnc2cc(C(=O)O)c(F)cc21. The van der Waals surface area contributed by atoms with E-state index in [0.29, 0.717) is 24.1 Å². The first kappa shape index (κ1) is 18.1. The zero-order valence-corrected chi connectivity index (χ0v) is 14.9. The fourth-order valence-electron chi connectivity index (χ4n) is 3.07. The molecule has 9 heteroatoms. The van der Waals surface area contributed by atoms with Crippen molar-refractivity contribution in [1.29, 1.82) is 0 Å². The predicted molar refractivity (Wildman–Crippen MR) is 90.4 cm³/mol. The van der Waals surface area contributed by atoms with E-state index in [0.717, 1.165) is 25.0 Å². The van der Waals surface area contributed by atoms with Gasteiger partial charge in [0.15, 0.2) is 0 Å². The second-order valence-corrected chi connectivity index (χ2v) is 7.37. The van der Waals surface area contributed by atoms with Gasteiger partial charge in [-0.2, -0.15) is 0 Å². The fraction of sp³-hybridized carbons (Fsp3) is 0.529. The number of aromatic nitrogens is 3. The number of likely N-dealkylation sites (tertiary alicyclic amines) is 1. The van der Waals surface area contributed by atoms with Gasteiger partial charge in [-0.1, -0.05) is 5.21 Å².